The lowest BCUT2D eigenvalue weighted by atomic mass is 9.96. The van der Waals surface area contributed by atoms with Gasteiger partial charge in [-0.15, -0.1) is 0 Å². The molecule has 1 aromatic heterocycles. The number of imidazole rings is 1. The number of rotatable bonds is 2. The van der Waals surface area contributed by atoms with Crippen molar-refractivity contribution in [3.8, 4) is 0 Å². The number of aromatic nitrogens is 2. The normalized spacial score (nSPS) is 17.6. The average Bonchev–Trinajstić information content (AvgIpc) is 2.94. The van der Waals surface area contributed by atoms with Gasteiger partial charge >= 0.3 is 0 Å². The van der Waals surface area contributed by atoms with Crippen LogP contribution in [0.5, 0.6) is 0 Å². The first kappa shape index (κ1) is 12.8. The summed E-state index contributed by atoms with van der Waals surface area (Å²) in [5, 5.41) is 0. The van der Waals surface area contributed by atoms with Gasteiger partial charge in [0.25, 0.3) is 0 Å². The molecule has 1 aliphatic heterocycles. The fraction of sp³-hybridized carbons (Fsp3) is 0.333. The van der Waals surface area contributed by atoms with E-state index in [0.717, 1.165) is 18.8 Å². The molecule has 1 aliphatic rings. The first-order chi connectivity index (χ1) is 9.65. The molecular formula is C15H16FN3O. The molecule has 1 amide bonds. The van der Waals surface area contributed by atoms with Crippen LogP contribution in [0.3, 0.4) is 0 Å². The molecule has 2 heterocycles. The fourth-order valence-electron chi connectivity index (χ4n) is 2.63. The topological polar surface area (TPSA) is 38.1 Å². The molecule has 1 aromatic carbocycles. The summed E-state index contributed by atoms with van der Waals surface area (Å²) in [6.45, 7) is 0.822. The third-order valence-electron chi connectivity index (χ3n) is 3.84. The van der Waals surface area contributed by atoms with Crippen molar-refractivity contribution < 1.29 is 9.18 Å². The summed E-state index contributed by atoms with van der Waals surface area (Å²) < 4.78 is 15.0. The number of carbonyl (C=O) groups is 1. The maximum Gasteiger partial charge on any atom is 0.230 e. The number of hydrogen-bond acceptors (Lipinski definition) is 2. The van der Waals surface area contributed by atoms with Crippen LogP contribution >= 0.6 is 0 Å². The van der Waals surface area contributed by atoms with Crippen LogP contribution in [0.1, 0.15) is 12.2 Å². The van der Waals surface area contributed by atoms with E-state index in [2.05, 4.69) is 9.55 Å². The zero-order valence-electron chi connectivity index (χ0n) is 11.3. The molecule has 2 aromatic rings. The van der Waals surface area contributed by atoms with E-state index < -0.39 is 0 Å². The molecule has 1 atom stereocenters. The molecule has 5 heteroatoms. The van der Waals surface area contributed by atoms with Crippen molar-refractivity contribution in [2.45, 2.75) is 19.4 Å². The second-order valence-electron chi connectivity index (χ2n) is 5.10. The van der Waals surface area contributed by atoms with Gasteiger partial charge in [0.1, 0.15) is 11.6 Å². The Morgan fingerprint density at radius 2 is 2.15 bits per heavy atom. The number of aryl methyl sites for hydroxylation is 1. The van der Waals surface area contributed by atoms with E-state index in [1.54, 1.807) is 30.3 Å². The van der Waals surface area contributed by atoms with Gasteiger partial charge in [0.05, 0.1) is 0 Å². The monoisotopic (exact) mass is 273 g/mol. The van der Waals surface area contributed by atoms with E-state index in [1.165, 1.54) is 12.1 Å². The quantitative estimate of drug-likeness (QED) is 0.841. The van der Waals surface area contributed by atoms with Crippen LogP contribution in [0.4, 0.5) is 10.1 Å². The summed E-state index contributed by atoms with van der Waals surface area (Å²) >= 11 is 0. The number of halogens is 1. The van der Waals surface area contributed by atoms with Gasteiger partial charge in [-0.05, 0) is 30.7 Å². The van der Waals surface area contributed by atoms with Crippen LogP contribution in [-0.2, 0) is 17.8 Å². The maximum absolute atomic E-state index is 12.9. The molecule has 4 nitrogen and oxygen atoms in total. The SMILES string of the molecule is CN(C(=O)C1CCn2ccnc2C1)c1ccc(F)cc1. The smallest absolute Gasteiger partial charge is 0.230 e. The second-order valence-corrected chi connectivity index (χ2v) is 5.10. The Bertz CT molecular complexity index is 620. The number of benzene rings is 1. The zero-order valence-corrected chi connectivity index (χ0v) is 11.3. The molecule has 0 N–H and O–H groups in total. The number of carbonyl (C=O) groups excluding carboxylic acids is 1. The highest BCUT2D eigenvalue weighted by atomic mass is 19.1. The number of anilines is 1. The van der Waals surface area contributed by atoms with Crippen LogP contribution in [0.2, 0.25) is 0 Å². The molecule has 0 aliphatic carbocycles. The molecule has 20 heavy (non-hydrogen) atoms. The summed E-state index contributed by atoms with van der Waals surface area (Å²) in [4.78, 5) is 18.4. The van der Waals surface area contributed by atoms with Crippen molar-refractivity contribution in [2.24, 2.45) is 5.92 Å². The van der Waals surface area contributed by atoms with Gasteiger partial charge in [-0.25, -0.2) is 9.37 Å². The van der Waals surface area contributed by atoms with Crippen LogP contribution in [0.15, 0.2) is 36.7 Å². The van der Waals surface area contributed by atoms with Crippen molar-refractivity contribution in [1.82, 2.24) is 9.55 Å². The van der Waals surface area contributed by atoms with E-state index in [-0.39, 0.29) is 17.6 Å². The first-order valence-electron chi connectivity index (χ1n) is 6.68. The van der Waals surface area contributed by atoms with Gasteiger partial charge in [0.2, 0.25) is 5.91 Å². The standard InChI is InChI=1S/C15H16FN3O/c1-18(13-4-2-12(16)3-5-13)15(20)11-6-8-19-9-7-17-14(19)10-11/h2-5,7,9,11H,6,8,10H2,1H3. The summed E-state index contributed by atoms with van der Waals surface area (Å²) in [5.41, 5.74) is 0.713. The average molecular weight is 273 g/mol. The minimum absolute atomic E-state index is 0.0556. The number of amides is 1. The predicted molar refractivity (Wildman–Crippen MR) is 73.8 cm³/mol. The van der Waals surface area contributed by atoms with Crippen molar-refractivity contribution in [1.29, 1.82) is 0 Å². The second kappa shape index (κ2) is 5.07. The largest absolute Gasteiger partial charge is 0.335 e. The Hall–Kier alpha value is -2.17. The van der Waals surface area contributed by atoms with Gasteiger partial charge in [-0.3, -0.25) is 4.79 Å². The van der Waals surface area contributed by atoms with Gasteiger partial charge in [0, 0.05) is 44.0 Å². The summed E-state index contributed by atoms with van der Waals surface area (Å²) in [7, 11) is 1.73. The molecule has 0 fully saturated rings. The third kappa shape index (κ3) is 2.31. The maximum atomic E-state index is 12.9. The lowest BCUT2D eigenvalue weighted by molar-refractivity contribution is -0.122. The van der Waals surface area contributed by atoms with E-state index in [4.69, 9.17) is 0 Å². The molecule has 0 saturated carbocycles. The van der Waals surface area contributed by atoms with E-state index in [0.29, 0.717) is 12.1 Å². The summed E-state index contributed by atoms with van der Waals surface area (Å²) in [6, 6.07) is 5.98. The first-order valence-corrected chi connectivity index (χ1v) is 6.68. The Labute approximate surface area is 116 Å². The fourth-order valence-corrected chi connectivity index (χ4v) is 2.63. The summed E-state index contributed by atoms with van der Waals surface area (Å²) in [5.74, 6) is 0.669. The molecule has 0 radical (unpaired) electrons. The lowest BCUT2D eigenvalue weighted by Crippen LogP contribution is -2.36. The van der Waals surface area contributed by atoms with Crippen LogP contribution < -0.4 is 4.90 Å². The van der Waals surface area contributed by atoms with E-state index in [9.17, 15) is 9.18 Å². The van der Waals surface area contributed by atoms with Gasteiger partial charge in [-0.1, -0.05) is 0 Å². The van der Waals surface area contributed by atoms with Gasteiger partial charge in [0.15, 0.2) is 0 Å². The number of hydrogen-bond donors (Lipinski definition) is 0. The number of nitrogens with zero attached hydrogens (tertiary/aromatic N) is 3. The van der Waals surface area contributed by atoms with Crippen molar-refractivity contribution in [3.05, 3.63) is 48.3 Å². The highest BCUT2D eigenvalue weighted by Gasteiger charge is 2.28. The van der Waals surface area contributed by atoms with Crippen molar-refractivity contribution in [3.63, 3.8) is 0 Å². The van der Waals surface area contributed by atoms with E-state index >= 15 is 0 Å². The molecule has 0 saturated heterocycles. The molecule has 1 unspecified atom stereocenters. The van der Waals surface area contributed by atoms with Crippen molar-refractivity contribution in [2.75, 3.05) is 11.9 Å². The van der Waals surface area contributed by atoms with Crippen LogP contribution in [-0.4, -0.2) is 22.5 Å². The zero-order chi connectivity index (χ0) is 14.1. The highest BCUT2D eigenvalue weighted by molar-refractivity contribution is 5.94. The Balaban J connectivity index is 1.74. The highest BCUT2D eigenvalue weighted by Crippen LogP contribution is 2.23. The summed E-state index contributed by atoms with van der Waals surface area (Å²) in [6.07, 6.45) is 5.19. The lowest BCUT2D eigenvalue weighted by Gasteiger charge is -2.27. The molecule has 3 rings (SSSR count). The Morgan fingerprint density at radius 3 is 2.90 bits per heavy atom. The van der Waals surface area contributed by atoms with Gasteiger partial charge in [-0.2, -0.15) is 0 Å². The molecular weight excluding hydrogens is 257 g/mol. The van der Waals surface area contributed by atoms with Crippen molar-refractivity contribution >= 4 is 11.6 Å². The minimum Gasteiger partial charge on any atom is -0.335 e. The van der Waals surface area contributed by atoms with Gasteiger partial charge < -0.3 is 9.47 Å². The van der Waals surface area contributed by atoms with Crippen LogP contribution in [0, 0.1) is 11.7 Å². The third-order valence-corrected chi connectivity index (χ3v) is 3.84. The predicted octanol–water partition coefficient (Wildman–Crippen LogP) is 2.25. The minimum atomic E-state index is -0.297. The molecule has 104 valence electrons. The van der Waals surface area contributed by atoms with Crippen LogP contribution in [0.25, 0.3) is 0 Å². The Kier molecular flexibility index (Phi) is 3.26. The Morgan fingerprint density at radius 1 is 1.40 bits per heavy atom. The number of fused-ring (bicyclic) bond motifs is 1. The molecule has 0 spiro atoms. The van der Waals surface area contributed by atoms with E-state index in [1.807, 2.05) is 6.20 Å². The molecule has 0 bridgehead atoms.